The number of nitrogens with one attached hydrogen (secondary N) is 1. The van der Waals surface area contributed by atoms with E-state index in [1.165, 1.54) is 6.20 Å². The fourth-order valence-corrected chi connectivity index (χ4v) is 3.81. The fourth-order valence-electron chi connectivity index (χ4n) is 1.25. The van der Waals surface area contributed by atoms with Gasteiger partial charge >= 0.3 is 0 Å². The van der Waals surface area contributed by atoms with Crippen LogP contribution in [0.1, 0.15) is 20.3 Å². The van der Waals surface area contributed by atoms with E-state index in [0.29, 0.717) is 6.42 Å². The van der Waals surface area contributed by atoms with E-state index in [-0.39, 0.29) is 14.7 Å². The Morgan fingerprint density at radius 1 is 1.62 bits per heavy atom. The molecule has 0 saturated heterocycles. The molecule has 2 unspecified atom stereocenters. The zero-order valence-corrected chi connectivity index (χ0v) is 11.2. The number of aliphatic hydroxyl groups is 1. The molecule has 1 aromatic rings. The summed E-state index contributed by atoms with van der Waals surface area (Å²) in [6.07, 6.45) is 1.01. The van der Waals surface area contributed by atoms with E-state index >= 15 is 0 Å². The van der Waals surface area contributed by atoms with Gasteiger partial charge in [-0.15, -0.1) is 0 Å². The van der Waals surface area contributed by atoms with Crippen molar-refractivity contribution in [2.24, 2.45) is 0 Å². The van der Waals surface area contributed by atoms with Crippen LogP contribution in [0.4, 0.5) is 0 Å². The monoisotopic (exact) mass is 284 g/mol. The highest BCUT2D eigenvalue weighted by Gasteiger charge is 2.20. The van der Waals surface area contributed by atoms with Gasteiger partial charge in [-0.2, -0.15) is 0 Å². The number of sulfonamides is 1. The van der Waals surface area contributed by atoms with Crippen LogP contribution in [0.25, 0.3) is 0 Å². The smallest absolute Gasteiger partial charge is 0.251 e. The number of aromatic nitrogens is 1. The fraction of sp³-hybridized carbons (Fsp3) is 0.625. The standard InChI is InChI=1S/C8H13ClN2O3S2/c1-5(3-6(2)12)11-16(13,14)7-4-10-8(9)15-7/h4-6,11-12H,3H2,1-2H3. The Kier molecular flexibility index (Phi) is 4.69. The second-order valence-electron chi connectivity index (χ2n) is 3.54. The summed E-state index contributed by atoms with van der Waals surface area (Å²) in [4.78, 5) is 3.67. The lowest BCUT2D eigenvalue weighted by molar-refractivity contribution is 0.175. The molecule has 1 rings (SSSR count). The quantitative estimate of drug-likeness (QED) is 0.852. The highest BCUT2D eigenvalue weighted by molar-refractivity contribution is 7.91. The molecule has 92 valence electrons. The number of thiazole rings is 1. The molecule has 0 aliphatic carbocycles. The average molecular weight is 285 g/mol. The van der Waals surface area contributed by atoms with Gasteiger partial charge in [0.2, 0.25) is 0 Å². The number of nitrogens with zero attached hydrogens (tertiary/aromatic N) is 1. The van der Waals surface area contributed by atoms with Gasteiger partial charge in [0.25, 0.3) is 10.0 Å². The molecule has 1 aromatic heterocycles. The van der Waals surface area contributed by atoms with Crippen molar-refractivity contribution in [3.63, 3.8) is 0 Å². The van der Waals surface area contributed by atoms with Crippen LogP contribution < -0.4 is 4.72 Å². The van der Waals surface area contributed by atoms with Crippen molar-refractivity contribution in [3.05, 3.63) is 10.7 Å². The SMILES string of the molecule is CC(O)CC(C)NS(=O)(=O)c1cnc(Cl)s1. The maximum atomic E-state index is 11.8. The predicted octanol–water partition coefficient (Wildman–Crippen LogP) is 1.23. The Hall–Kier alpha value is -0.210. The first-order valence-electron chi connectivity index (χ1n) is 4.63. The molecule has 8 heteroatoms. The van der Waals surface area contributed by atoms with Gasteiger partial charge in [0.05, 0.1) is 12.3 Å². The molecule has 2 N–H and O–H groups in total. The lowest BCUT2D eigenvalue weighted by Gasteiger charge is -2.14. The summed E-state index contributed by atoms with van der Waals surface area (Å²) < 4.78 is 26.2. The minimum Gasteiger partial charge on any atom is -0.393 e. The summed E-state index contributed by atoms with van der Waals surface area (Å²) in [6, 6.07) is -0.342. The first kappa shape index (κ1) is 13.9. The second-order valence-corrected chi connectivity index (χ2v) is 7.09. The normalized spacial score (nSPS) is 16.0. The summed E-state index contributed by atoms with van der Waals surface area (Å²) in [7, 11) is -3.57. The number of halogens is 1. The number of rotatable bonds is 5. The van der Waals surface area contributed by atoms with Gasteiger partial charge in [-0.25, -0.2) is 18.1 Å². The van der Waals surface area contributed by atoms with Crippen molar-refractivity contribution in [2.75, 3.05) is 0 Å². The molecule has 5 nitrogen and oxygen atoms in total. The minimum absolute atomic E-state index is 0.0787. The van der Waals surface area contributed by atoms with Crippen molar-refractivity contribution in [3.8, 4) is 0 Å². The van der Waals surface area contributed by atoms with Crippen LogP contribution >= 0.6 is 22.9 Å². The number of aliphatic hydroxyl groups excluding tert-OH is 1. The third-order valence-electron chi connectivity index (χ3n) is 1.77. The van der Waals surface area contributed by atoms with Crippen molar-refractivity contribution < 1.29 is 13.5 Å². The van der Waals surface area contributed by atoms with Crippen LogP contribution in [0.2, 0.25) is 4.47 Å². The summed E-state index contributed by atoms with van der Waals surface area (Å²) in [6.45, 7) is 3.29. The average Bonchev–Trinajstić information content (AvgIpc) is 2.49. The Morgan fingerprint density at radius 2 is 2.25 bits per heavy atom. The molecule has 0 aromatic carbocycles. The molecule has 0 saturated carbocycles. The Labute approximate surface area is 104 Å². The second kappa shape index (κ2) is 5.42. The molecule has 0 bridgehead atoms. The lowest BCUT2D eigenvalue weighted by atomic mass is 10.2. The van der Waals surface area contributed by atoms with Crippen molar-refractivity contribution >= 4 is 33.0 Å². The van der Waals surface area contributed by atoms with Crippen LogP contribution in [0.15, 0.2) is 10.4 Å². The molecule has 16 heavy (non-hydrogen) atoms. The van der Waals surface area contributed by atoms with E-state index in [9.17, 15) is 8.42 Å². The van der Waals surface area contributed by atoms with E-state index in [0.717, 1.165) is 11.3 Å². The topological polar surface area (TPSA) is 79.3 Å². The van der Waals surface area contributed by atoms with E-state index in [2.05, 4.69) is 9.71 Å². The minimum atomic E-state index is -3.57. The third-order valence-corrected chi connectivity index (χ3v) is 4.94. The zero-order valence-electron chi connectivity index (χ0n) is 8.84. The van der Waals surface area contributed by atoms with Crippen LogP contribution in [0.3, 0.4) is 0 Å². The van der Waals surface area contributed by atoms with Crippen molar-refractivity contribution in [1.29, 1.82) is 0 Å². The molecule has 0 amide bonds. The van der Waals surface area contributed by atoms with Gasteiger partial charge in [0.15, 0.2) is 8.68 Å². The maximum absolute atomic E-state index is 11.8. The molecular weight excluding hydrogens is 272 g/mol. The van der Waals surface area contributed by atoms with Crippen LogP contribution in [-0.4, -0.2) is 30.7 Å². The first-order chi connectivity index (χ1) is 7.31. The Balaban J connectivity index is 2.73. The first-order valence-corrected chi connectivity index (χ1v) is 7.30. The number of hydrogen-bond acceptors (Lipinski definition) is 5. The van der Waals surface area contributed by atoms with Gasteiger partial charge in [0.1, 0.15) is 0 Å². The molecule has 2 atom stereocenters. The highest BCUT2D eigenvalue weighted by Crippen LogP contribution is 2.22. The third kappa shape index (κ3) is 3.99. The molecule has 1 heterocycles. The molecule has 0 radical (unpaired) electrons. The summed E-state index contributed by atoms with van der Waals surface area (Å²) in [5.74, 6) is 0. The van der Waals surface area contributed by atoms with Crippen molar-refractivity contribution in [2.45, 2.75) is 36.6 Å². The predicted molar refractivity (Wildman–Crippen MR) is 63.2 cm³/mol. The molecule has 0 fully saturated rings. The summed E-state index contributed by atoms with van der Waals surface area (Å²) >= 11 is 6.46. The highest BCUT2D eigenvalue weighted by atomic mass is 35.5. The van der Waals surface area contributed by atoms with E-state index in [4.69, 9.17) is 16.7 Å². The van der Waals surface area contributed by atoms with E-state index in [1.807, 2.05) is 0 Å². The molecule has 0 aliphatic rings. The van der Waals surface area contributed by atoms with Gasteiger partial charge in [-0.3, -0.25) is 0 Å². The van der Waals surface area contributed by atoms with Crippen molar-refractivity contribution in [1.82, 2.24) is 9.71 Å². The largest absolute Gasteiger partial charge is 0.393 e. The van der Waals surface area contributed by atoms with Crippen LogP contribution in [0.5, 0.6) is 0 Å². The van der Waals surface area contributed by atoms with Crippen LogP contribution in [-0.2, 0) is 10.0 Å². The molecule has 0 aliphatic heterocycles. The number of hydrogen-bond donors (Lipinski definition) is 2. The Morgan fingerprint density at radius 3 is 2.69 bits per heavy atom. The molecular formula is C8H13ClN2O3S2. The maximum Gasteiger partial charge on any atom is 0.251 e. The Bertz CT molecular complexity index is 444. The van der Waals surface area contributed by atoms with E-state index in [1.54, 1.807) is 13.8 Å². The van der Waals surface area contributed by atoms with Gasteiger partial charge in [-0.1, -0.05) is 22.9 Å². The van der Waals surface area contributed by atoms with Gasteiger partial charge in [-0.05, 0) is 20.3 Å². The summed E-state index contributed by atoms with van der Waals surface area (Å²) in [5, 5.41) is 9.13. The van der Waals surface area contributed by atoms with Gasteiger partial charge < -0.3 is 5.11 Å². The molecule has 0 spiro atoms. The van der Waals surface area contributed by atoms with Crippen LogP contribution in [0, 0.1) is 0 Å². The zero-order chi connectivity index (χ0) is 12.3. The summed E-state index contributed by atoms with van der Waals surface area (Å²) in [5.41, 5.74) is 0. The lowest BCUT2D eigenvalue weighted by Crippen LogP contribution is -2.34. The van der Waals surface area contributed by atoms with Gasteiger partial charge in [0, 0.05) is 6.04 Å². The van der Waals surface area contributed by atoms with E-state index < -0.39 is 16.1 Å².